The molecule has 0 N–H and O–H groups in total. The highest BCUT2D eigenvalue weighted by Crippen LogP contribution is 2.34. The van der Waals surface area contributed by atoms with Gasteiger partial charge in [0.2, 0.25) is 10.0 Å². The molecule has 0 aliphatic carbocycles. The number of rotatable bonds is 3. The number of hydrogen-bond donors (Lipinski definition) is 0. The van der Waals surface area contributed by atoms with E-state index in [1.165, 1.54) is 10.6 Å². The summed E-state index contributed by atoms with van der Waals surface area (Å²) >= 11 is 1.57. The van der Waals surface area contributed by atoms with Gasteiger partial charge in [-0.05, 0) is 32.8 Å². The van der Waals surface area contributed by atoms with Crippen LogP contribution in [0, 0.1) is 13.8 Å². The molecule has 3 rings (SSSR count). The first kappa shape index (κ1) is 15.5. The van der Waals surface area contributed by atoms with Gasteiger partial charge in [0.15, 0.2) is 0 Å². The molecule has 0 radical (unpaired) electrons. The van der Waals surface area contributed by atoms with Gasteiger partial charge in [0, 0.05) is 17.6 Å². The van der Waals surface area contributed by atoms with Crippen LogP contribution in [0.3, 0.4) is 0 Å². The standard InChI is InChI=1S/C14H18N4O2S2/c1-9-8-15-14(21-9)12-7-11(16-10(2)17-12)13-5-4-6-18(13)22(3,19)20/h7-8,13H,4-6H2,1-3H3/t13-/m0/s1. The van der Waals surface area contributed by atoms with Gasteiger partial charge in [0.25, 0.3) is 0 Å². The van der Waals surface area contributed by atoms with Crippen LogP contribution >= 0.6 is 11.3 Å². The zero-order valence-electron chi connectivity index (χ0n) is 12.8. The van der Waals surface area contributed by atoms with Gasteiger partial charge in [-0.15, -0.1) is 11.3 Å². The lowest BCUT2D eigenvalue weighted by Gasteiger charge is -2.22. The minimum absolute atomic E-state index is 0.198. The predicted octanol–water partition coefficient (Wildman–Crippen LogP) is 2.31. The molecule has 0 unspecified atom stereocenters. The Morgan fingerprint density at radius 3 is 2.73 bits per heavy atom. The number of nitrogens with zero attached hydrogens (tertiary/aromatic N) is 4. The Kier molecular flexibility index (Phi) is 4.00. The molecule has 0 bridgehead atoms. The van der Waals surface area contributed by atoms with Crippen molar-refractivity contribution < 1.29 is 8.42 Å². The average molecular weight is 338 g/mol. The molecule has 118 valence electrons. The maximum atomic E-state index is 11.9. The fourth-order valence-electron chi connectivity index (χ4n) is 2.78. The molecule has 1 aliphatic heterocycles. The molecule has 8 heteroatoms. The summed E-state index contributed by atoms with van der Waals surface area (Å²) in [6, 6.07) is 1.68. The normalized spacial score (nSPS) is 19.7. The molecular formula is C14H18N4O2S2. The second kappa shape index (κ2) is 5.68. The van der Waals surface area contributed by atoms with Crippen LogP contribution in [0.4, 0.5) is 0 Å². The van der Waals surface area contributed by atoms with Crippen molar-refractivity contribution in [2.24, 2.45) is 0 Å². The predicted molar refractivity (Wildman–Crippen MR) is 86.1 cm³/mol. The second-order valence-electron chi connectivity index (χ2n) is 5.53. The molecule has 0 saturated carbocycles. The largest absolute Gasteiger partial charge is 0.243 e. The van der Waals surface area contributed by atoms with Crippen molar-refractivity contribution in [3.8, 4) is 10.7 Å². The Bertz CT molecular complexity index is 801. The molecule has 1 aliphatic rings. The summed E-state index contributed by atoms with van der Waals surface area (Å²) in [6.45, 7) is 4.38. The second-order valence-corrected chi connectivity index (χ2v) is 8.70. The lowest BCUT2D eigenvalue weighted by Crippen LogP contribution is -2.30. The molecular weight excluding hydrogens is 320 g/mol. The third-order valence-electron chi connectivity index (χ3n) is 3.67. The average Bonchev–Trinajstić information content (AvgIpc) is 3.05. The molecule has 3 heterocycles. The summed E-state index contributed by atoms with van der Waals surface area (Å²) in [7, 11) is -3.23. The molecule has 2 aromatic rings. The van der Waals surface area contributed by atoms with Crippen LogP contribution in [0.15, 0.2) is 12.3 Å². The van der Waals surface area contributed by atoms with E-state index in [2.05, 4.69) is 15.0 Å². The van der Waals surface area contributed by atoms with E-state index in [1.54, 1.807) is 11.3 Å². The Morgan fingerprint density at radius 2 is 2.09 bits per heavy atom. The molecule has 22 heavy (non-hydrogen) atoms. The van der Waals surface area contributed by atoms with Crippen molar-refractivity contribution >= 4 is 21.4 Å². The molecule has 1 fully saturated rings. The monoisotopic (exact) mass is 338 g/mol. The molecule has 0 spiro atoms. The third kappa shape index (κ3) is 3.04. The SMILES string of the molecule is Cc1nc(-c2ncc(C)s2)cc([C@@H]2CCCN2S(C)(=O)=O)n1. The van der Waals surface area contributed by atoms with E-state index >= 15 is 0 Å². The summed E-state index contributed by atoms with van der Waals surface area (Å²) in [5.74, 6) is 0.640. The fourth-order valence-corrected chi connectivity index (χ4v) is 4.64. The molecule has 6 nitrogen and oxygen atoms in total. The molecule has 2 aromatic heterocycles. The maximum absolute atomic E-state index is 11.9. The number of thiazole rings is 1. The third-order valence-corrected chi connectivity index (χ3v) is 5.89. The summed E-state index contributed by atoms with van der Waals surface area (Å²) in [5, 5.41) is 0.841. The first-order valence-electron chi connectivity index (χ1n) is 7.10. The van der Waals surface area contributed by atoms with Crippen molar-refractivity contribution in [1.82, 2.24) is 19.3 Å². The van der Waals surface area contributed by atoms with Gasteiger partial charge in [-0.25, -0.2) is 23.4 Å². The Labute approximate surface area is 134 Å². The van der Waals surface area contributed by atoms with Crippen LogP contribution in [-0.4, -0.2) is 40.5 Å². The van der Waals surface area contributed by atoms with Crippen LogP contribution in [0.2, 0.25) is 0 Å². The first-order chi connectivity index (χ1) is 10.3. The van der Waals surface area contributed by atoms with Gasteiger partial charge < -0.3 is 0 Å². The fraction of sp³-hybridized carbons (Fsp3) is 0.500. The summed E-state index contributed by atoms with van der Waals surface area (Å²) < 4.78 is 25.4. The van der Waals surface area contributed by atoms with E-state index in [-0.39, 0.29) is 6.04 Å². The minimum atomic E-state index is -3.23. The molecule has 0 amide bonds. The van der Waals surface area contributed by atoms with Gasteiger partial charge in [0.1, 0.15) is 16.5 Å². The topological polar surface area (TPSA) is 76.1 Å². The number of hydrogen-bond acceptors (Lipinski definition) is 6. The van der Waals surface area contributed by atoms with Crippen molar-refractivity contribution in [2.45, 2.75) is 32.7 Å². The van der Waals surface area contributed by atoms with E-state index in [4.69, 9.17) is 0 Å². The Morgan fingerprint density at radius 1 is 1.32 bits per heavy atom. The summed E-state index contributed by atoms with van der Waals surface area (Å²) in [4.78, 5) is 14.4. The molecule has 1 atom stereocenters. The lowest BCUT2D eigenvalue weighted by atomic mass is 10.1. The quantitative estimate of drug-likeness (QED) is 0.858. The number of aromatic nitrogens is 3. The van der Waals surface area contributed by atoms with Gasteiger partial charge >= 0.3 is 0 Å². The summed E-state index contributed by atoms with van der Waals surface area (Å²) in [5.41, 5.74) is 1.53. The summed E-state index contributed by atoms with van der Waals surface area (Å²) in [6.07, 6.45) is 4.71. The van der Waals surface area contributed by atoms with Gasteiger partial charge in [-0.1, -0.05) is 0 Å². The zero-order valence-corrected chi connectivity index (χ0v) is 14.4. The van der Waals surface area contributed by atoms with E-state index in [9.17, 15) is 8.42 Å². The van der Waals surface area contributed by atoms with Gasteiger partial charge in [-0.3, -0.25) is 0 Å². The highest BCUT2D eigenvalue weighted by atomic mass is 32.2. The highest BCUT2D eigenvalue weighted by molar-refractivity contribution is 7.88. The first-order valence-corrected chi connectivity index (χ1v) is 9.76. The van der Waals surface area contributed by atoms with Crippen molar-refractivity contribution in [2.75, 3.05) is 12.8 Å². The van der Waals surface area contributed by atoms with Crippen LogP contribution in [0.25, 0.3) is 10.7 Å². The Balaban J connectivity index is 2.03. The van der Waals surface area contributed by atoms with Crippen LogP contribution in [0.5, 0.6) is 0 Å². The van der Waals surface area contributed by atoms with Crippen LogP contribution in [0.1, 0.15) is 35.3 Å². The molecule has 0 aromatic carbocycles. The van der Waals surface area contributed by atoms with Gasteiger partial charge in [-0.2, -0.15) is 4.31 Å². The smallest absolute Gasteiger partial charge is 0.211 e. The zero-order chi connectivity index (χ0) is 15.9. The highest BCUT2D eigenvalue weighted by Gasteiger charge is 2.34. The van der Waals surface area contributed by atoms with Crippen LogP contribution < -0.4 is 0 Å². The van der Waals surface area contributed by atoms with Crippen molar-refractivity contribution in [3.63, 3.8) is 0 Å². The maximum Gasteiger partial charge on any atom is 0.211 e. The number of aryl methyl sites for hydroxylation is 2. The van der Waals surface area contributed by atoms with Crippen molar-refractivity contribution in [3.05, 3.63) is 28.7 Å². The van der Waals surface area contributed by atoms with Crippen molar-refractivity contribution in [1.29, 1.82) is 0 Å². The molecule has 1 saturated heterocycles. The number of sulfonamides is 1. The minimum Gasteiger partial charge on any atom is -0.243 e. The van der Waals surface area contributed by atoms with E-state index in [1.807, 2.05) is 26.1 Å². The van der Waals surface area contributed by atoms with E-state index < -0.39 is 10.0 Å². The Hall–Kier alpha value is -1.38. The van der Waals surface area contributed by atoms with E-state index in [0.717, 1.165) is 34.1 Å². The van der Waals surface area contributed by atoms with Gasteiger partial charge in [0.05, 0.1) is 18.0 Å². The van der Waals surface area contributed by atoms with Crippen LogP contribution in [-0.2, 0) is 10.0 Å². The van der Waals surface area contributed by atoms with E-state index in [0.29, 0.717) is 12.4 Å². The lowest BCUT2D eigenvalue weighted by molar-refractivity contribution is 0.393.